The van der Waals surface area contributed by atoms with Gasteiger partial charge in [0.1, 0.15) is 5.75 Å². The Labute approximate surface area is 251 Å². The summed E-state index contributed by atoms with van der Waals surface area (Å²) >= 11 is 0. The Morgan fingerprint density at radius 2 is 1.88 bits per heavy atom. The number of amides is 3. The fraction of sp³-hybridized carbons (Fsp3) is 0.324. The minimum atomic E-state index is -1.81. The molecule has 2 aliphatic heterocycles. The molecular weight excluding hydrogens is 546 g/mol. The summed E-state index contributed by atoms with van der Waals surface area (Å²) in [6.07, 6.45) is 5.21. The Balaban J connectivity index is 1.30. The smallest absolute Gasteiger partial charge is 0.264 e. The van der Waals surface area contributed by atoms with E-state index in [1.807, 2.05) is 30.3 Å². The minimum absolute atomic E-state index is 0.0509. The molecule has 0 saturated carbocycles. The van der Waals surface area contributed by atoms with Crippen molar-refractivity contribution in [1.29, 1.82) is 0 Å². The van der Waals surface area contributed by atoms with Gasteiger partial charge in [0.25, 0.3) is 11.8 Å². The number of para-hydroxylation sites is 1. The van der Waals surface area contributed by atoms with Crippen molar-refractivity contribution < 1.29 is 29.3 Å². The van der Waals surface area contributed by atoms with E-state index in [1.165, 1.54) is 0 Å². The van der Waals surface area contributed by atoms with Gasteiger partial charge in [-0.05, 0) is 60.9 Å². The van der Waals surface area contributed by atoms with Crippen molar-refractivity contribution in [3.63, 3.8) is 0 Å². The number of carbonyl (C=O) groups is 3. The predicted octanol–water partition coefficient (Wildman–Crippen LogP) is 4.25. The van der Waals surface area contributed by atoms with Gasteiger partial charge in [-0.3, -0.25) is 14.4 Å². The molecule has 3 amide bonds. The normalized spacial score (nSPS) is 20.4. The Bertz CT molecular complexity index is 1520. The molecule has 0 spiro atoms. The number of rotatable bonds is 10. The van der Waals surface area contributed by atoms with E-state index in [9.17, 15) is 24.6 Å². The van der Waals surface area contributed by atoms with Crippen molar-refractivity contribution in [2.45, 2.75) is 44.4 Å². The van der Waals surface area contributed by atoms with Crippen LogP contribution >= 0.6 is 0 Å². The molecule has 9 heteroatoms. The Kier molecular flexibility index (Phi) is 8.94. The van der Waals surface area contributed by atoms with Gasteiger partial charge in [-0.15, -0.1) is 0 Å². The lowest BCUT2D eigenvalue weighted by molar-refractivity contribution is -0.139. The molecule has 0 unspecified atom stereocenters. The van der Waals surface area contributed by atoms with Gasteiger partial charge in [0, 0.05) is 35.7 Å². The van der Waals surface area contributed by atoms with Crippen LogP contribution in [0.2, 0.25) is 0 Å². The molecule has 2 heterocycles. The average Bonchev–Trinajstić information content (AvgIpc) is 3.59. The molecule has 2 aliphatic rings. The number of nitrogens with one attached hydrogen (secondary N) is 1. The molecule has 0 radical (unpaired) electrons. The zero-order valence-corrected chi connectivity index (χ0v) is 24.4. The molecule has 3 aromatic carbocycles. The van der Waals surface area contributed by atoms with E-state index in [1.54, 1.807) is 78.4 Å². The monoisotopic (exact) mass is 583 g/mol. The van der Waals surface area contributed by atoms with Gasteiger partial charge in [-0.1, -0.05) is 49.4 Å². The van der Waals surface area contributed by atoms with E-state index in [0.717, 1.165) is 18.4 Å². The fourth-order valence-corrected chi connectivity index (χ4v) is 5.92. The summed E-state index contributed by atoms with van der Waals surface area (Å²) in [6.45, 7) is 2.53. The van der Waals surface area contributed by atoms with Crippen LogP contribution in [0.15, 0.2) is 84.9 Å². The number of aliphatic hydroxyl groups is 2. The maximum Gasteiger partial charge on any atom is 0.264 e. The highest BCUT2D eigenvalue weighted by Gasteiger charge is 2.52. The van der Waals surface area contributed by atoms with Gasteiger partial charge in [-0.2, -0.15) is 0 Å². The van der Waals surface area contributed by atoms with Crippen molar-refractivity contribution in [3.8, 4) is 5.75 Å². The van der Waals surface area contributed by atoms with Gasteiger partial charge >= 0.3 is 0 Å². The van der Waals surface area contributed by atoms with Gasteiger partial charge in [0.05, 0.1) is 32.0 Å². The van der Waals surface area contributed by atoms with Gasteiger partial charge in [-0.25, -0.2) is 0 Å². The molecule has 43 heavy (non-hydrogen) atoms. The minimum Gasteiger partial charge on any atom is -0.497 e. The molecular formula is C34H37N3O6. The number of anilines is 2. The van der Waals surface area contributed by atoms with Crippen LogP contribution in [0.1, 0.15) is 47.7 Å². The quantitative estimate of drug-likeness (QED) is 0.307. The van der Waals surface area contributed by atoms with Crippen LogP contribution < -0.4 is 15.0 Å². The lowest BCUT2D eigenvalue weighted by atomic mass is 9.83. The SMILES string of the molecule is COc1ccc(C(=O)Nc2cccc(CN3C(=O)[C@](O)([C@H](C)/C=C/CC(=O)N4CCC[C@H]4CO)c4ccccc43)c2)cc1. The van der Waals surface area contributed by atoms with Crippen LogP contribution in [0.5, 0.6) is 5.75 Å². The van der Waals surface area contributed by atoms with Crippen LogP contribution in [0, 0.1) is 5.92 Å². The zero-order chi connectivity index (χ0) is 30.6. The molecule has 0 bridgehead atoms. The van der Waals surface area contributed by atoms with Gasteiger partial charge in [0.2, 0.25) is 5.91 Å². The van der Waals surface area contributed by atoms with Crippen LogP contribution in [0.25, 0.3) is 0 Å². The number of hydrogen-bond acceptors (Lipinski definition) is 6. The molecule has 3 N–H and O–H groups in total. The highest BCUT2D eigenvalue weighted by Crippen LogP contribution is 2.45. The average molecular weight is 584 g/mol. The first kappa shape index (κ1) is 30.0. The Hall–Kier alpha value is -4.47. The highest BCUT2D eigenvalue weighted by molar-refractivity contribution is 6.07. The van der Waals surface area contributed by atoms with Crippen molar-refractivity contribution in [1.82, 2.24) is 4.90 Å². The third-order valence-electron chi connectivity index (χ3n) is 8.34. The lowest BCUT2D eigenvalue weighted by Crippen LogP contribution is -2.44. The molecule has 1 saturated heterocycles. The Morgan fingerprint density at radius 1 is 1.12 bits per heavy atom. The number of methoxy groups -OCH3 is 1. The van der Waals surface area contributed by atoms with Gasteiger partial charge in [0.15, 0.2) is 5.60 Å². The molecule has 224 valence electrons. The number of benzene rings is 3. The van der Waals surface area contributed by atoms with Crippen molar-refractivity contribution in [2.24, 2.45) is 5.92 Å². The zero-order valence-electron chi connectivity index (χ0n) is 24.4. The number of fused-ring (bicyclic) bond motifs is 1. The summed E-state index contributed by atoms with van der Waals surface area (Å²) in [7, 11) is 1.56. The Morgan fingerprint density at radius 3 is 2.63 bits per heavy atom. The maximum absolute atomic E-state index is 13.9. The van der Waals surface area contributed by atoms with Crippen LogP contribution in [0.4, 0.5) is 11.4 Å². The van der Waals surface area contributed by atoms with Crippen LogP contribution in [-0.4, -0.2) is 59.1 Å². The summed E-state index contributed by atoms with van der Waals surface area (Å²) < 4.78 is 5.16. The highest BCUT2D eigenvalue weighted by atomic mass is 16.5. The standard InChI is InChI=1S/C34H37N3O6/c1-23(8-5-14-31(39)36-19-7-11-27(36)22-38)34(42)29-12-3-4-13-30(29)37(33(34)41)21-24-9-6-10-26(20-24)35-32(40)25-15-17-28(43-2)18-16-25/h3-6,8-10,12-13,15-18,20,23,27,38,42H,7,11,14,19,21-22H2,1-2H3,(H,35,40)/b8-5+/t23-,27+,34+/m1/s1. The molecule has 5 rings (SSSR count). The van der Waals surface area contributed by atoms with E-state index < -0.39 is 17.4 Å². The molecule has 0 aromatic heterocycles. The first-order valence-electron chi connectivity index (χ1n) is 14.5. The number of aliphatic hydroxyl groups excluding tert-OH is 1. The topological polar surface area (TPSA) is 119 Å². The van der Waals surface area contributed by atoms with E-state index in [0.29, 0.717) is 34.8 Å². The fourth-order valence-electron chi connectivity index (χ4n) is 5.92. The van der Waals surface area contributed by atoms with Crippen molar-refractivity contribution in [3.05, 3.63) is 102 Å². The van der Waals surface area contributed by atoms with Crippen LogP contribution in [0.3, 0.4) is 0 Å². The number of likely N-dealkylation sites (tertiary alicyclic amines) is 1. The summed E-state index contributed by atoms with van der Waals surface area (Å²) in [4.78, 5) is 42.6. The maximum atomic E-state index is 13.9. The van der Waals surface area contributed by atoms with E-state index >= 15 is 0 Å². The largest absolute Gasteiger partial charge is 0.497 e. The predicted molar refractivity (Wildman–Crippen MR) is 164 cm³/mol. The molecule has 3 aromatic rings. The molecule has 3 atom stereocenters. The second kappa shape index (κ2) is 12.8. The lowest BCUT2D eigenvalue weighted by Gasteiger charge is -2.28. The van der Waals surface area contributed by atoms with E-state index in [4.69, 9.17) is 4.74 Å². The summed E-state index contributed by atoms with van der Waals surface area (Å²) in [6, 6.07) is 21.1. The first-order chi connectivity index (χ1) is 20.8. The number of ether oxygens (including phenoxy) is 1. The van der Waals surface area contributed by atoms with E-state index in [2.05, 4.69) is 5.32 Å². The first-order valence-corrected chi connectivity index (χ1v) is 14.5. The van der Waals surface area contributed by atoms with E-state index in [-0.39, 0.29) is 37.4 Å². The van der Waals surface area contributed by atoms with Gasteiger partial charge < -0.3 is 30.1 Å². The second-order valence-electron chi connectivity index (χ2n) is 11.0. The van der Waals surface area contributed by atoms with Crippen molar-refractivity contribution in [2.75, 3.05) is 30.5 Å². The number of nitrogens with zero attached hydrogens (tertiary/aromatic N) is 2. The van der Waals surface area contributed by atoms with Crippen LogP contribution in [-0.2, 0) is 21.7 Å². The molecule has 0 aliphatic carbocycles. The summed E-state index contributed by atoms with van der Waals surface area (Å²) in [5, 5.41) is 24.3. The molecule has 1 fully saturated rings. The third-order valence-corrected chi connectivity index (χ3v) is 8.34. The third kappa shape index (κ3) is 6.04. The second-order valence-corrected chi connectivity index (χ2v) is 11.0. The summed E-state index contributed by atoms with van der Waals surface area (Å²) in [5.74, 6) is -0.755. The molecule has 9 nitrogen and oxygen atoms in total. The number of hydrogen-bond donors (Lipinski definition) is 3. The number of carbonyl (C=O) groups excluding carboxylic acids is 3. The summed E-state index contributed by atoms with van der Waals surface area (Å²) in [5.41, 5.74) is 1.15. The van der Waals surface area contributed by atoms with Crippen molar-refractivity contribution >= 4 is 29.1 Å².